The van der Waals surface area contributed by atoms with Gasteiger partial charge in [0.05, 0.1) is 12.8 Å². The van der Waals surface area contributed by atoms with Crippen molar-refractivity contribution >= 4 is 11.9 Å². The number of hydrogen-bond donors (Lipinski definition) is 2. The topological polar surface area (TPSA) is 81.1 Å². The number of aliphatic carboxylic acids is 2. The Hall–Kier alpha value is -0.646. The molecule has 39 heavy (non-hydrogen) atoms. The van der Waals surface area contributed by atoms with Crippen molar-refractivity contribution in [2.45, 2.75) is 155 Å². The average molecular weight is 602 g/mol. The van der Waals surface area contributed by atoms with Gasteiger partial charge in [-0.2, -0.15) is 0 Å². The number of unbranched alkanes of at least 4 members (excludes halogenated alkanes) is 18. The summed E-state index contributed by atoms with van der Waals surface area (Å²) in [6.45, 7) is 7.92. The van der Waals surface area contributed by atoms with Crippen molar-refractivity contribution in [1.29, 1.82) is 0 Å². The second-order valence-corrected chi connectivity index (χ2v) is 11.3. The second kappa shape index (κ2) is 35.4. The smallest absolute Gasteiger partial charge is 0.481 e. The van der Waals surface area contributed by atoms with Gasteiger partial charge < -0.3 is 20.0 Å². The minimum Gasteiger partial charge on any atom is -0.481 e. The Kier molecular flexibility index (Phi) is 38.8. The number of carbonyl (C=O) groups is 2. The maximum atomic E-state index is 10.4. The Morgan fingerprint density at radius 3 is 0.897 bits per heavy atom. The molecule has 6 nitrogen and oxygen atoms in total. The van der Waals surface area contributed by atoms with Crippen LogP contribution in [0.25, 0.3) is 0 Å². The maximum absolute atomic E-state index is 10.4. The van der Waals surface area contributed by atoms with E-state index in [2.05, 4.69) is 23.6 Å². The summed E-state index contributed by atoms with van der Waals surface area (Å²) in [4.78, 5) is 25.1. The molecule has 0 heterocycles. The van der Waals surface area contributed by atoms with Crippen molar-refractivity contribution in [3.05, 3.63) is 0 Å². The monoisotopic (exact) mass is 600 g/mol. The van der Waals surface area contributed by atoms with Gasteiger partial charge in [0.25, 0.3) is 0 Å². The van der Waals surface area contributed by atoms with Gasteiger partial charge in [-0.05, 0) is 40.0 Å². The molecule has 0 bridgehead atoms. The number of carboxylic acids is 2. The van der Waals surface area contributed by atoms with E-state index >= 15 is 0 Å². The molecule has 0 aliphatic rings. The van der Waals surface area contributed by atoms with Crippen LogP contribution < -0.4 is 0 Å². The minimum atomic E-state index is -0.699. The van der Waals surface area contributed by atoms with Gasteiger partial charge in [-0.25, -0.2) is 0 Å². The second-order valence-electron chi connectivity index (χ2n) is 11.3. The van der Waals surface area contributed by atoms with Crippen LogP contribution in [-0.2, 0) is 26.1 Å². The van der Waals surface area contributed by atoms with Crippen LogP contribution in [0.4, 0.5) is 0 Å². The molecule has 0 rings (SSSR count). The SMILES string of the molecule is CCCCCCCCCCCCN(C)CCC(=O)O.CCCCCCCCCCCCN(C)CCC(=O)O.[Ni+2]. The van der Waals surface area contributed by atoms with Crippen LogP contribution in [0.3, 0.4) is 0 Å². The van der Waals surface area contributed by atoms with Crippen LogP contribution in [0.15, 0.2) is 0 Å². The molecule has 0 amide bonds. The molecule has 0 atom stereocenters. The number of carboxylic acid groups (broad SMARTS) is 2. The van der Waals surface area contributed by atoms with Crippen molar-refractivity contribution in [2.75, 3.05) is 40.3 Å². The van der Waals surface area contributed by atoms with E-state index < -0.39 is 11.9 Å². The molecule has 0 spiro atoms. The van der Waals surface area contributed by atoms with Crippen molar-refractivity contribution in [1.82, 2.24) is 9.80 Å². The van der Waals surface area contributed by atoms with Crippen LogP contribution in [0.1, 0.15) is 155 Å². The fraction of sp³-hybridized carbons (Fsp3) is 0.938. The fourth-order valence-electron chi connectivity index (χ4n) is 4.53. The number of hydrogen-bond acceptors (Lipinski definition) is 4. The standard InChI is InChI=1S/2C16H33NO2.Ni/c2*1-3-4-5-6-7-8-9-10-11-12-14-17(2)15-13-16(18)19;/h2*3-15H2,1-2H3,(H,18,19);/q;;+2. The zero-order valence-corrected chi connectivity index (χ0v) is 27.3. The van der Waals surface area contributed by atoms with Crippen LogP contribution in [0, 0.1) is 0 Å². The van der Waals surface area contributed by atoms with Gasteiger partial charge in [0.2, 0.25) is 0 Å². The summed E-state index contributed by atoms with van der Waals surface area (Å²) in [5.74, 6) is -1.40. The average Bonchev–Trinajstić information content (AvgIpc) is 2.88. The van der Waals surface area contributed by atoms with Crippen LogP contribution >= 0.6 is 0 Å². The first-order valence-corrected chi connectivity index (χ1v) is 16.1. The van der Waals surface area contributed by atoms with E-state index in [4.69, 9.17) is 10.2 Å². The summed E-state index contributed by atoms with van der Waals surface area (Å²) in [5, 5.41) is 17.2. The molecule has 0 radical (unpaired) electrons. The van der Waals surface area contributed by atoms with Gasteiger partial charge >= 0.3 is 28.4 Å². The molecule has 0 aliphatic carbocycles. The largest absolute Gasteiger partial charge is 2.00 e. The van der Waals surface area contributed by atoms with E-state index in [-0.39, 0.29) is 29.3 Å². The van der Waals surface area contributed by atoms with Gasteiger partial charge in [0, 0.05) is 13.1 Å². The van der Waals surface area contributed by atoms with E-state index in [0.717, 1.165) is 13.1 Å². The first-order chi connectivity index (χ1) is 18.3. The molecule has 0 aliphatic heterocycles. The fourth-order valence-corrected chi connectivity index (χ4v) is 4.53. The summed E-state index contributed by atoms with van der Waals surface area (Å²) >= 11 is 0. The third-order valence-corrected chi connectivity index (χ3v) is 7.20. The Morgan fingerprint density at radius 1 is 0.436 bits per heavy atom. The summed E-state index contributed by atoms with van der Waals surface area (Å²) < 4.78 is 0. The predicted octanol–water partition coefficient (Wildman–Crippen LogP) is 8.63. The first-order valence-electron chi connectivity index (χ1n) is 16.1. The maximum Gasteiger partial charge on any atom is 2.00 e. The van der Waals surface area contributed by atoms with Gasteiger partial charge in [-0.1, -0.05) is 129 Å². The summed E-state index contributed by atoms with van der Waals surface area (Å²) in [6.07, 6.45) is 27.5. The molecule has 0 aromatic rings. The van der Waals surface area contributed by atoms with Crippen molar-refractivity contribution < 1.29 is 36.3 Å². The molecule has 0 aromatic heterocycles. The van der Waals surface area contributed by atoms with Gasteiger partial charge in [-0.3, -0.25) is 9.59 Å². The predicted molar refractivity (Wildman–Crippen MR) is 163 cm³/mol. The third kappa shape index (κ3) is 42.0. The van der Waals surface area contributed by atoms with Crippen LogP contribution in [0.5, 0.6) is 0 Å². The van der Waals surface area contributed by atoms with E-state index in [1.54, 1.807) is 0 Å². The van der Waals surface area contributed by atoms with E-state index in [0.29, 0.717) is 13.1 Å². The molecule has 7 heteroatoms. The first kappa shape index (κ1) is 42.8. The molecule has 0 unspecified atom stereocenters. The van der Waals surface area contributed by atoms with Crippen molar-refractivity contribution in [3.63, 3.8) is 0 Å². The zero-order valence-electron chi connectivity index (χ0n) is 26.3. The summed E-state index contributed by atoms with van der Waals surface area (Å²) in [5.41, 5.74) is 0. The molecule has 2 N–H and O–H groups in total. The van der Waals surface area contributed by atoms with Crippen LogP contribution in [-0.4, -0.2) is 72.2 Å². The van der Waals surface area contributed by atoms with Gasteiger partial charge in [-0.15, -0.1) is 0 Å². The zero-order chi connectivity index (χ0) is 28.7. The van der Waals surface area contributed by atoms with Crippen LogP contribution in [0.2, 0.25) is 0 Å². The van der Waals surface area contributed by atoms with Crippen molar-refractivity contribution in [3.8, 4) is 0 Å². The quantitative estimate of drug-likeness (QED) is 0.0690. The molecular formula is C32H66N2NiO4+2. The van der Waals surface area contributed by atoms with E-state index in [1.807, 2.05) is 14.1 Å². The Bertz CT molecular complexity index is 465. The molecule has 236 valence electrons. The Morgan fingerprint density at radius 2 is 0.667 bits per heavy atom. The van der Waals surface area contributed by atoms with E-state index in [9.17, 15) is 9.59 Å². The normalized spacial score (nSPS) is 10.8. The Balaban J connectivity index is -0.000000648. The van der Waals surface area contributed by atoms with Gasteiger partial charge in [0.1, 0.15) is 0 Å². The Labute approximate surface area is 253 Å². The van der Waals surface area contributed by atoms with Crippen molar-refractivity contribution in [2.24, 2.45) is 0 Å². The summed E-state index contributed by atoms with van der Waals surface area (Å²) in [6, 6.07) is 0. The minimum absolute atomic E-state index is 0. The third-order valence-electron chi connectivity index (χ3n) is 7.20. The summed E-state index contributed by atoms with van der Waals surface area (Å²) in [7, 11) is 4.02. The molecule has 0 aromatic carbocycles. The van der Waals surface area contributed by atoms with E-state index in [1.165, 1.54) is 128 Å². The molecule has 0 saturated heterocycles. The number of nitrogens with zero attached hydrogens (tertiary/aromatic N) is 2. The molecular weight excluding hydrogens is 535 g/mol. The number of rotatable bonds is 28. The molecule has 0 saturated carbocycles. The molecule has 0 fully saturated rings. The van der Waals surface area contributed by atoms with Gasteiger partial charge in [0.15, 0.2) is 0 Å².